The van der Waals surface area contributed by atoms with Gasteiger partial charge >= 0.3 is 0 Å². The zero-order chi connectivity index (χ0) is 22.3. The molecule has 3 aromatic rings. The maximum Gasteiger partial charge on any atom is 0.238 e. The summed E-state index contributed by atoms with van der Waals surface area (Å²) in [5.74, 6) is 1.34. The van der Waals surface area contributed by atoms with Crippen LogP contribution in [-0.4, -0.2) is 22.1 Å². The molecule has 0 saturated carbocycles. The lowest BCUT2D eigenvalue weighted by Crippen LogP contribution is -2.17. The lowest BCUT2D eigenvalue weighted by atomic mass is 10.1. The molecule has 0 fully saturated rings. The largest absolute Gasteiger partial charge is 0.493 e. The molecular formula is C23H25BrN2O4S. The van der Waals surface area contributed by atoms with E-state index in [1.54, 1.807) is 19.2 Å². The Labute approximate surface area is 191 Å². The van der Waals surface area contributed by atoms with Crippen molar-refractivity contribution < 1.29 is 17.9 Å². The third-order valence-electron chi connectivity index (χ3n) is 4.69. The highest BCUT2D eigenvalue weighted by Gasteiger charge is 2.12. The van der Waals surface area contributed by atoms with E-state index in [1.807, 2.05) is 42.5 Å². The molecule has 0 aliphatic carbocycles. The SMILES string of the molecule is COc1cc(CNCCc2ccc(S(N)(=O)=O)cc2)cc(Br)c1OCc1ccccc1. The number of nitrogens with two attached hydrogens (primary N) is 1. The van der Waals surface area contributed by atoms with Crippen LogP contribution in [0.3, 0.4) is 0 Å². The van der Waals surface area contributed by atoms with E-state index in [0.717, 1.165) is 34.1 Å². The molecule has 0 amide bonds. The van der Waals surface area contributed by atoms with Crippen LogP contribution in [0.1, 0.15) is 16.7 Å². The number of halogens is 1. The minimum Gasteiger partial charge on any atom is -0.493 e. The van der Waals surface area contributed by atoms with Crippen molar-refractivity contribution in [1.29, 1.82) is 0 Å². The summed E-state index contributed by atoms with van der Waals surface area (Å²) in [6.07, 6.45) is 0.765. The van der Waals surface area contributed by atoms with Gasteiger partial charge in [-0.1, -0.05) is 42.5 Å². The van der Waals surface area contributed by atoms with Crippen molar-refractivity contribution in [3.8, 4) is 11.5 Å². The second-order valence-electron chi connectivity index (χ2n) is 7.00. The van der Waals surface area contributed by atoms with E-state index in [1.165, 1.54) is 12.1 Å². The number of sulfonamides is 1. The maximum atomic E-state index is 11.3. The molecule has 0 aromatic heterocycles. The maximum absolute atomic E-state index is 11.3. The monoisotopic (exact) mass is 504 g/mol. The van der Waals surface area contributed by atoms with Crippen LogP contribution in [0.4, 0.5) is 0 Å². The van der Waals surface area contributed by atoms with Crippen LogP contribution < -0.4 is 19.9 Å². The molecule has 0 heterocycles. The van der Waals surface area contributed by atoms with Gasteiger partial charge < -0.3 is 14.8 Å². The predicted octanol–water partition coefficient (Wildman–Crippen LogP) is 4.02. The first-order chi connectivity index (χ1) is 14.9. The number of nitrogens with one attached hydrogen (secondary N) is 1. The van der Waals surface area contributed by atoms with E-state index in [0.29, 0.717) is 24.7 Å². The number of ether oxygens (including phenoxy) is 2. The van der Waals surface area contributed by atoms with Crippen LogP contribution in [0, 0.1) is 0 Å². The highest BCUT2D eigenvalue weighted by atomic mass is 79.9. The van der Waals surface area contributed by atoms with E-state index in [9.17, 15) is 8.42 Å². The fraction of sp³-hybridized carbons (Fsp3) is 0.217. The smallest absolute Gasteiger partial charge is 0.238 e. The summed E-state index contributed by atoms with van der Waals surface area (Å²) in [5, 5.41) is 8.52. The number of benzene rings is 3. The molecule has 3 N–H and O–H groups in total. The first-order valence-corrected chi connectivity index (χ1v) is 12.1. The first kappa shape index (κ1) is 23.3. The van der Waals surface area contributed by atoms with Crippen LogP contribution in [-0.2, 0) is 29.6 Å². The van der Waals surface area contributed by atoms with Gasteiger partial charge in [0.15, 0.2) is 11.5 Å². The topological polar surface area (TPSA) is 90.6 Å². The van der Waals surface area contributed by atoms with Crippen molar-refractivity contribution in [3.63, 3.8) is 0 Å². The standard InChI is InChI=1S/C23H25BrN2O4S/c1-29-22-14-19(13-21(24)23(22)30-16-18-5-3-2-4-6-18)15-26-12-11-17-7-9-20(10-8-17)31(25,27)28/h2-10,13-14,26H,11-12,15-16H2,1H3,(H2,25,27,28). The summed E-state index contributed by atoms with van der Waals surface area (Å²) in [4.78, 5) is 0.121. The third-order valence-corrected chi connectivity index (χ3v) is 6.20. The fourth-order valence-corrected chi connectivity index (χ4v) is 4.18. The Balaban J connectivity index is 1.55. The molecule has 8 heteroatoms. The fourth-order valence-electron chi connectivity index (χ4n) is 3.06. The van der Waals surface area contributed by atoms with Crippen molar-refractivity contribution in [2.45, 2.75) is 24.5 Å². The minimum absolute atomic E-state index is 0.121. The Morgan fingerprint density at radius 1 is 0.968 bits per heavy atom. The average Bonchev–Trinajstić information content (AvgIpc) is 2.76. The zero-order valence-electron chi connectivity index (χ0n) is 17.2. The second-order valence-corrected chi connectivity index (χ2v) is 9.41. The number of methoxy groups -OCH3 is 1. The summed E-state index contributed by atoms with van der Waals surface area (Å²) in [5.41, 5.74) is 3.17. The average molecular weight is 505 g/mol. The molecule has 3 aromatic carbocycles. The lowest BCUT2D eigenvalue weighted by molar-refractivity contribution is 0.282. The van der Waals surface area contributed by atoms with Gasteiger partial charge in [-0.2, -0.15) is 0 Å². The molecule has 0 bridgehead atoms. The summed E-state index contributed by atoms with van der Waals surface area (Å²) >= 11 is 3.59. The van der Waals surface area contributed by atoms with Crippen LogP contribution in [0.15, 0.2) is 76.1 Å². The van der Waals surface area contributed by atoms with Gasteiger partial charge in [0, 0.05) is 6.54 Å². The normalized spacial score (nSPS) is 11.3. The number of rotatable bonds is 10. The molecule has 0 aliphatic heterocycles. The van der Waals surface area contributed by atoms with Gasteiger partial charge in [-0.05, 0) is 69.9 Å². The summed E-state index contributed by atoms with van der Waals surface area (Å²) in [6.45, 7) is 1.85. The molecule has 0 spiro atoms. The summed E-state index contributed by atoms with van der Waals surface area (Å²) < 4.78 is 35.0. The predicted molar refractivity (Wildman–Crippen MR) is 125 cm³/mol. The molecule has 0 atom stereocenters. The Kier molecular flexibility index (Phi) is 8.09. The zero-order valence-corrected chi connectivity index (χ0v) is 19.6. The molecule has 3 rings (SSSR count). The van der Waals surface area contributed by atoms with Gasteiger partial charge in [0.1, 0.15) is 6.61 Å². The minimum atomic E-state index is -3.66. The van der Waals surface area contributed by atoms with Crippen molar-refractivity contribution in [3.05, 3.63) is 87.9 Å². The van der Waals surface area contributed by atoms with Gasteiger partial charge in [-0.25, -0.2) is 13.6 Å². The Morgan fingerprint density at radius 3 is 2.32 bits per heavy atom. The quantitative estimate of drug-likeness (QED) is 0.407. The Morgan fingerprint density at radius 2 is 1.68 bits per heavy atom. The van der Waals surface area contributed by atoms with Crippen molar-refractivity contribution in [1.82, 2.24) is 5.32 Å². The first-order valence-electron chi connectivity index (χ1n) is 9.72. The highest BCUT2D eigenvalue weighted by molar-refractivity contribution is 9.10. The van der Waals surface area contributed by atoms with E-state index in [4.69, 9.17) is 14.6 Å². The molecule has 0 radical (unpaired) electrons. The van der Waals surface area contributed by atoms with E-state index >= 15 is 0 Å². The Hall–Kier alpha value is -2.39. The lowest BCUT2D eigenvalue weighted by Gasteiger charge is -2.15. The van der Waals surface area contributed by atoms with Gasteiger partial charge in [-0.3, -0.25) is 0 Å². The van der Waals surface area contributed by atoms with E-state index in [-0.39, 0.29) is 4.90 Å². The molecule has 164 valence electrons. The van der Waals surface area contributed by atoms with Crippen molar-refractivity contribution in [2.24, 2.45) is 5.14 Å². The van der Waals surface area contributed by atoms with Crippen LogP contribution in [0.5, 0.6) is 11.5 Å². The van der Waals surface area contributed by atoms with Crippen LogP contribution in [0.25, 0.3) is 0 Å². The van der Waals surface area contributed by atoms with Crippen LogP contribution in [0.2, 0.25) is 0 Å². The van der Waals surface area contributed by atoms with Crippen molar-refractivity contribution >= 4 is 26.0 Å². The van der Waals surface area contributed by atoms with E-state index < -0.39 is 10.0 Å². The highest BCUT2D eigenvalue weighted by Crippen LogP contribution is 2.37. The number of primary sulfonamides is 1. The van der Waals surface area contributed by atoms with E-state index in [2.05, 4.69) is 21.2 Å². The Bertz CT molecular complexity index is 1100. The second kappa shape index (κ2) is 10.8. The van der Waals surface area contributed by atoms with Gasteiger partial charge in [0.05, 0.1) is 16.5 Å². The van der Waals surface area contributed by atoms with Gasteiger partial charge in [0.25, 0.3) is 0 Å². The molecular weight excluding hydrogens is 480 g/mol. The molecule has 6 nitrogen and oxygen atoms in total. The molecule has 0 aliphatic rings. The third kappa shape index (κ3) is 6.80. The van der Waals surface area contributed by atoms with Gasteiger partial charge in [-0.15, -0.1) is 0 Å². The van der Waals surface area contributed by atoms with Gasteiger partial charge in [0.2, 0.25) is 10.0 Å². The van der Waals surface area contributed by atoms with Crippen molar-refractivity contribution in [2.75, 3.05) is 13.7 Å². The van der Waals surface area contributed by atoms with Crippen LogP contribution >= 0.6 is 15.9 Å². The molecule has 0 saturated heterocycles. The summed E-state index contributed by atoms with van der Waals surface area (Å²) in [7, 11) is -2.03. The molecule has 31 heavy (non-hydrogen) atoms. The number of hydrogen-bond acceptors (Lipinski definition) is 5. The summed E-state index contributed by atoms with van der Waals surface area (Å²) in [6, 6.07) is 20.5. The number of hydrogen-bond donors (Lipinski definition) is 2. The molecule has 0 unspecified atom stereocenters.